The molecule has 2 amide bonds. The number of morpholine rings is 1. The summed E-state index contributed by atoms with van der Waals surface area (Å²) in [6.07, 6.45) is 0. The number of fused-ring (bicyclic) bond motifs is 5. The molecule has 3 aliphatic rings. The number of H-pyrrole nitrogens is 1. The molecule has 0 spiro atoms. The summed E-state index contributed by atoms with van der Waals surface area (Å²) >= 11 is 0. The zero-order valence-electron chi connectivity index (χ0n) is 22.9. The van der Waals surface area contributed by atoms with Gasteiger partial charge < -0.3 is 29.0 Å². The van der Waals surface area contributed by atoms with Gasteiger partial charge in [-0.05, 0) is 31.5 Å². The van der Waals surface area contributed by atoms with Crippen molar-refractivity contribution in [2.24, 2.45) is 0 Å². The Morgan fingerprint density at radius 3 is 2.64 bits per heavy atom. The average Bonchev–Trinajstić information content (AvgIpc) is 3.36. The van der Waals surface area contributed by atoms with Gasteiger partial charge in [0.05, 0.1) is 39.2 Å². The smallest absolute Gasteiger partial charge is 0.254 e. The van der Waals surface area contributed by atoms with Gasteiger partial charge in [-0.3, -0.25) is 14.5 Å². The molecule has 206 valence electrons. The second-order valence-corrected chi connectivity index (χ2v) is 10.6. The molecule has 1 aromatic heterocycles. The number of carbonyl (C=O) groups is 2. The Bertz CT molecular complexity index is 1400. The molecule has 2 atom stereocenters. The molecule has 0 radical (unpaired) electrons. The van der Waals surface area contributed by atoms with E-state index < -0.39 is 5.54 Å². The number of hydrogen-bond donors (Lipinski definition) is 1. The van der Waals surface area contributed by atoms with Crippen molar-refractivity contribution in [1.29, 1.82) is 0 Å². The van der Waals surface area contributed by atoms with E-state index in [1.807, 2.05) is 50.2 Å². The maximum Gasteiger partial charge on any atom is 0.254 e. The van der Waals surface area contributed by atoms with E-state index in [0.717, 1.165) is 47.4 Å². The average molecular weight is 533 g/mol. The minimum atomic E-state index is -1.13. The molecule has 2 saturated heterocycles. The first-order valence-corrected chi connectivity index (χ1v) is 13.8. The lowest BCUT2D eigenvalue weighted by Crippen LogP contribution is -2.68. The molecule has 0 aliphatic carbocycles. The third-order valence-corrected chi connectivity index (χ3v) is 8.50. The lowest BCUT2D eigenvalue weighted by atomic mass is 9.76. The van der Waals surface area contributed by atoms with E-state index in [9.17, 15) is 9.59 Å². The van der Waals surface area contributed by atoms with Gasteiger partial charge in [-0.2, -0.15) is 0 Å². The molecule has 9 nitrogen and oxygen atoms in total. The Morgan fingerprint density at radius 1 is 1.08 bits per heavy atom. The number of hydrogen-bond acceptors (Lipinski definition) is 6. The van der Waals surface area contributed by atoms with E-state index in [4.69, 9.17) is 14.2 Å². The number of carbonyl (C=O) groups excluding carboxylic acids is 2. The monoisotopic (exact) mass is 532 g/mol. The van der Waals surface area contributed by atoms with Crippen LogP contribution in [-0.4, -0.2) is 97.7 Å². The van der Waals surface area contributed by atoms with E-state index in [1.165, 1.54) is 0 Å². The van der Waals surface area contributed by atoms with Crippen molar-refractivity contribution < 1.29 is 23.8 Å². The highest BCUT2D eigenvalue weighted by Gasteiger charge is 2.56. The Labute approximate surface area is 228 Å². The van der Waals surface area contributed by atoms with Crippen LogP contribution in [0, 0.1) is 0 Å². The lowest BCUT2D eigenvalue weighted by molar-refractivity contribution is -0.166. The lowest BCUT2D eigenvalue weighted by Gasteiger charge is -2.51. The highest BCUT2D eigenvalue weighted by molar-refractivity contribution is 6.01. The number of benzene rings is 2. The van der Waals surface area contributed by atoms with Gasteiger partial charge in [0, 0.05) is 55.1 Å². The van der Waals surface area contributed by atoms with E-state index in [1.54, 1.807) is 16.9 Å². The maximum absolute atomic E-state index is 14.3. The van der Waals surface area contributed by atoms with Crippen LogP contribution in [0.4, 0.5) is 0 Å². The van der Waals surface area contributed by atoms with Crippen LogP contribution in [0.25, 0.3) is 10.9 Å². The van der Waals surface area contributed by atoms with Crippen molar-refractivity contribution in [3.63, 3.8) is 0 Å². The predicted molar refractivity (Wildman–Crippen MR) is 147 cm³/mol. The molecule has 1 N–H and O–H groups in total. The number of para-hydroxylation sites is 2. The molecule has 2 fully saturated rings. The van der Waals surface area contributed by atoms with Crippen LogP contribution in [0.3, 0.4) is 0 Å². The van der Waals surface area contributed by atoms with Gasteiger partial charge in [0.25, 0.3) is 5.91 Å². The summed E-state index contributed by atoms with van der Waals surface area (Å²) in [4.78, 5) is 37.5. The zero-order valence-corrected chi connectivity index (χ0v) is 22.9. The second kappa shape index (κ2) is 10.2. The summed E-state index contributed by atoms with van der Waals surface area (Å²) in [6.45, 7) is 9.11. The van der Waals surface area contributed by atoms with Gasteiger partial charge in [0.2, 0.25) is 5.91 Å². The van der Waals surface area contributed by atoms with Crippen molar-refractivity contribution in [2.45, 2.75) is 25.3 Å². The summed E-state index contributed by atoms with van der Waals surface area (Å²) in [5.74, 6) is 1.04. The van der Waals surface area contributed by atoms with Crippen molar-refractivity contribution in [2.75, 3.05) is 66.2 Å². The quantitative estimate of drug-likeness (QED) is 0.504. The Hall–Kier alpha value is -3.56. The van der Waals surface area contributed by atoms with Crippen molar-refractivity contribution in [1.82, 2.24) is 19.7 Å². The number of rotatable bonds is 7. The standard InChI is InChI=1S/C30H36N4O5/c1-4-39-27-20(9-7-11-24(27)37-3)22-18-34-25(35)19-33(13-12-32-14-16-38-17-15-32)29(36)30(34,2)28-26(22)21-8-5-6-10-23(21)31-28/h5-11,22,31H,4,12-19H2,1-3H3/t22-,30-/m0/s1. The van der Waals surface area contributed by atoms with Gasteiger partial charge in [-0.25, -0.2) is 0 Å². The van der Waals surface area contributed by atoms with Gasteiger partial charge in [0.15, 0.2) is 17.0 Å². The summed E-state index contributed by atoms with van der Waals surface area (Å²) in [6, 6.07) is 14.0. The molecule has 9 heteroatoms. The van der Waals surface area contributed by atoms with Crippen molar-refractivity contribution in [3.05, 3.63) is 59.3 Å². The van der Waals surface area contributed by atoms with Crippen molar-refractivity contribution >= 4 is 22.7 Å². The summed E-state index contributed by atoms with van der Waals surface area (Å²) in [5, 5.41) is 1.05. The minimum Gasteiger partial charge on any atom is -0.493 e. The molecule has 0 unspecified atom stereocenters. The predicted octanol–water partition coefficient (Wildman–Crippen LogP) is 2.94. The number of nitrogens with zero attached hydrogens (tertiary/aromatic N) is 3. The van der Waals surface area contributed by atoms with Crippen LogP contribution < -0.4 is 9.47 Å². The summed E-state index contributed by atoms with van der Waals surface area (Å²) < 4.78 is 17.2. The summed E-state index contributed by atoms with van der Waals surface area (Å²) in [7, 11) is 1.63. The zero-order chi connectivity index (χ0) is 27.1. The highest BCUT2D eigenvalue weighted by atomic mass is 16.5. The molecule has 39 heavy (non-hydrogen) atoms. The van der Waals surface area contributed by atoms with E-state index in [0.29, 0.717) is 44.4 Å². The van der Waals surface area contributed by atoms with Gasteiger partial charge in [0.1, 0.15) is 0 Å². The number of nitrogens with one attached hydrogen (secondary N) is 1. The molecule has 0 bridgehead atoms. The van der Waals surface area contributed by atoms with Gasteiger partial charge in [-0.15, -0.1) is 0 Å². The van der Waals surface area contributed by atoms with Gasteiger partial charge >= 0.3 is 0 Å². The number of methoxy groups -OCH3 is 1. The second-order valence-electron chi connectivity index (χ2n) is 10.6. The van der Waals surface area contributed by atoms with Crippen LogP contribution in [0.1, 0.15) is 36.6 Å². The maximum atomic E-state index is 14.3. The third-order valence-electron chi connectivity index (χ3n) is 8.50. The number of ether oxygens (including phenoxy) is 3. The van der Waals surface area contributed by atoms with E-state index in [-0.39, 0.29) is 24.3 Å². The van der Waals surface area contributed by atoms with Crippen LogP contribution in [0.2, 0.25) is 0 Å². The number of aromatic nitrogens is 1. The normalized spacial score (nSPS) is 23.6. The molecular formula is C30H36N4O5. The topological polar surface area (TPSA) is 87.3 Å². The largest absolute Gasteiger partial charge is 0.493 e. The highest BCUT2D eigenvalue weighted by Crippen LogP contribution is 2.50. The molecule has 3 aliphatic heterocycles. The molecule has 6 rings (SSSR count). The first-order chi connectivity index (χ1) is 19.0. The van der Waals surface area contributed by atoms with Crippen LogP contribution in [0.5, 0.6) is 11.5 Å². The Kier molecular flexibility index (Phi) is 6.72. The summed E-state index contributed by atoms with van der Waals surface area (Å²) in [5.41, 5.74) is 2.58. The molecule has 2 aromatic carbocycles. The van der Waals surface area contributed by atoms with Crippen molar-refractivity contribution in [3.8, 4) is 11.5 Å². The number of amides is 2. The third kappa shape index (κ3) is 4.15. The fourth-order valence-corrected chi connectivity index (χ4v) is 6.49. The molecule has 3 aromatic rings. The molecular weight excluding hydrogens is 496 g/mol. The number of aromatic amines is 1. The fourth-order valence-electron chi connectivity index (χ4n) is 6.49. The minimum absolute atomic E-state index is 0.0442. The van der Waals surface area contributed by atoms with Crippen LogP contribution in [-0.2, 0) is 19.9 Å². The Morgan fingerprint density at radius 2 is 1.87 bits per heavy atom. The fraction of sp³-hybridized carbons (Fsp3) is 0.467. The first kappa shape index (κ1) is 25.7. The Balaban J connectivity index is 1.45. The van der Waals surface area contributed by atoms with E-state index >= 15 is 0 Å². The van der Waals surface area contributed by atoms with Crippen LogP contribution >= 0.6 is 0 Å². The molecule has 4 heterocycles. The van der Waals surface area contributed by atoms with E-state index in [2.05, 4.69) is 16.0 Å². The van der Waals surface area contributed by atoms with Gasteiger partial charge in [-0.1, -0.05) is 30.3 Å². The number of piperazine rings is 1. The SMILES string of the molecule is CCOc1c(OC)cccc1[C@@H]1CN2C(=O)CN(CCN3CCOCC3)C(=O)[C@]2(C)c2[nH]c3ccccc3c21. The first-order valence-electron chi connectivity index (χ1n) is 13.8. The molecule has 0 saturated carbocycles. The van der Waals surface area contributed by atoms with Crippen LogP contribution in [0.15, 0.2) is 42.5 Å².